The van der Waals surface area contributed by atoms with Crippen molar-refractivity contribution in [1.29, 1.82) is 0 Å². The minimum absolute atomic E-state index is 0.0476. The van der Waals surface area contributed by atoms with Gasteiger partial charge in [0.25, 0.3) is 0 Å². The Bertz CT molecular complexity index is 484. The van der Waals surface area contributed by atoms with Crippen LogP contribution in [0.5, 0.6) is 0 Å². The molecule has 3 nitrogen and oxygen atoms in total. The van der Waals surface area contributed by atoms with Crippen molar-refractivity contribution in [2.75, 3.05) is 25.1 Å². The number of anilines is 1. The maximum Gasteiger partial charge on any atom is 0.149 e. The fraction of sp³-hybridized carbons (Fsp3) is 0.625. The highest BCUT2D eigenvalue weighted by atomic mass is 19.1. The molecule has 2 rings (SSSR count). The van der Waals surface area contributed by atoms with Crippen LogP contribution in [0.2, 0.25) is 0 Å². The molecule has 1 aliphatic heterocycles. The summed E-state index contributed by atoms with van der Waals surface area (Å²) in [6, 6.07) is 2.66. The van der Waals surface area contributed by atoms with E-state index in [0.29, 0.717) is 25.1 Å². The molecular formula is C16H24F2N2O. The molecule has 21 heavy (non-hydrogen) atoms. The van der Waals surface area contributed by atoms with Crippen LogP contribution in [0.15, 0.2) is 12.1 Å². The van der Waals surface area contributed by atoms with E-state index >= 15 is 0 Å². The van der Waals surface area contributed by atoms with Crippen molar-refractivity contribution < 1.29 is 13.5 Å². The van der Waals surface area contributed by atoms with Gasteiger partial charge in [-0.2, -0.15) is 0 Å². The van der Waals surface area contributed by atoms with Crippen LogP contribution >= 0.6 is 0 Å². The third-order valence-corrected chi connectivity index (χ3v) is 4.10. The molecule has 0 spiro atoms. The standard InChI is InChI=1S/C16H24F2N2O/c1-11(19)7-12-8-13(17)15(14(18)9-12)20-6-4-5-16(2,10-20)21-3/h8-9,11H,4-7,10,19H2,1-3H3. The summed E-state index contributed by atoms with van der Waals surface area (Å²) in [6.07, 6.45) is 2.21. The van der Waals surface area contributed by atoms with E-state index < -0.39 is 11.6 Å². The number of ether oxygens (including phenoxy) is 1. The van der Waals surface area contributed by atoms with E-state index in [9.17, 15) is 8.78 Å². The maximum atomic E-state index is 14.3. The van der Waals surface area contributed by atoms with E-state index in [1.54, 1.807) is 12.0 Å². The van der Waals surface area contributed by atoms with Crippen LogP contribution in [0, 0.1) is 11.6 Å². The zero-order valence-electron chi connectivity index (χ0n) is 13.0. The summed E-state index contributed by atoms with van der Waals surface area (Å²) >= 11 is 0. The molecule has 5 heteroatoms. The average molecular weight is 298 g/mol. The zero-order valence-corrected chi connectivity index (χ0v) is 13.0. The van der Waals surface area contributed by atoms with Crippen molar-refractivity contribution in [2.45, 2.75) is 44.8 Å². The number of nitrogens with two attached hydrogens (primary N) is 1. The lowest BCUT2D eigenvalue weighted by molar-refractivity contribution is -0.00489. The summed E-state index contributed by atoms with van der Waals surface area (Å²) in [7, 11) is 1.64. The number of piperidine rings is 1. The normalized spacial score (nSPS) is 24.2. The highest BCUT2D eigenvalue weighted by Crippen LogP contribution is 2.32. The van der Waals surface area contributed by atoms with Crippen LogP contribution in [0.3, 0.4) is 0 Å². The van der Waals surface area contributed by atoms with Gasteiger partial charge in [0.15, 0.2) is 0 Å². The molecule has 1 aromatic rings. The third kappa shape index (κ3) is 3.71. The van der Waals surface area contributed by atoms with E-state index in [-0.39, 0.29) is 17.3 Å². The molecule has 2 unspecified atom stereocenters. The smallest absolute Gasteiger partial charge is 0.149 e. The Morgan fingerprint density at radius 3 is 2.52 bits per heavy atom. The van der Waals surface area contributed by atoms with Crippen LogP contribution in [0.4, 0.5) is 14.5 Å². The first kappa shape index (κ1) is 16.2. The Morgan fingerprint density at radius 2 is 2.00 bits per heavy atom. The van der Waals surface area contributed by atoms with Gasteiger partial charge in [0.1, 0.15) is 17.3 Å². The first-order valence-electron chi connectivity index (χ1n) is 7.38. The van der Waals surface area contributed by atoms with Gasteiger partial charge < -0.3 is 15.4 Å². The predicted molar refractivity (Wildman–Crippen MR) is 80.6 cm³/mol. The van der Waals surface area contributed by atoms with Gasteiger partial charge in [-0.1, -0.05) is 0 Å². The van der Waals surface area contributed by atoms with Crippen molar-refractivity contribution in [3.05, 3.63) is 29.3 Å². The van der Waals surface area contributed by atoms with Crippen molar-refractivity contribution in [2.24, 2.45) is 5.73 Å². The van der Waals surface area contributed by atoms with E-state index in [1.165, 1.54) is 12.1 Å². The van der Waals surface area contributed by atoms with E-state index in [0.717, 1.165) is 12.8 Å². The molecule has 0 amide bonds. The number of rotatable bonds is 4. The molecule has 0 radical (unpaired) electrons. The summed E-state index contributed by atoms with van der Waals surface area (Å²) in [5.41, 5.74) is 5.97. The summed E-state index contributed by atoms with van der Waals surface area (Å²) < 4.78 is 34.2. The lowest BCUT2D eigenvalue weighted by Gasteiger charge is -2.40. The molecule has 1 fully saturated rings. The van der Waals surface area contributed by atoms with Gasteiger partial charge >= 0.3 is 0 Å². The highest BCUT2D eigenvalue weighted by Gasteiger charge is 2.33. The monoisotopic (exact) mass is 298 g/mol. The minimum atomic E-state index is -0.522. The molecule has 2 N–H and O–H groups in total. The number of hydrogen-bond donors (Lipinski definition) is 1. The van der Waals surface area contributed by atoms with Crippen LogP contribution in [-0.2, 0) is 11.2 Å². The first-order chi connectivity index (χ1) is 9.84. The molecule has 0 saturated carbocycles. The predicted octanol–water partition coefficient (Wildman–Crippen LogP) is 2.86. The van der Waals surface area contributed by atoms with Gasteiger partial charge in [-0.05, 0) is 50.8 Å². The van der Waals surface area contributed by atoms with Gasteiger partial charge in [0, 0.05) is 26.2 Å². The Kier molecular flexibility index (Phi) is 4.84. The van der Waals surface area contributed by atoms with Gasteiger partial charge in [-0.3, -0.25) is 0 Å². The second kappa shape index (κ2) is 6.28. The van der Waals surface area contributed by atoms with E-state index in [4.69, 9.17) is 10.5 Å². The van der Waals surface area contributed by atoms with Crippen molar-refractivity contribution in [3.8, 4) is 0 Å². The van der Waals surface area contributed by atoms with E-state index in [1.807, 2.05) is 13.8 Å². The van der Waals surface area contributed by atoms with Gasteiger partial charge in [0.2, 0.25) is 0 Å². The molecular weight excluding hydrogens is 274 g/mol. The largest absolute Gasteiger partial charge is 0.377 e. The SMILES string of the molecule is COC1(C)CCCN(c2c(F)cc(CC(C)N)cc2F)C1. The first-order valence-corrected chi connectivity index (χ1v) is 7.38. The molecule has 0 aliphatic carbocycles. The summed E-state index contributed by atoms with van der Waals surface area (Å²) in [6.45, 7) is 4.92. The van der Waals surface area contributed by atoms with Crippen molar-refractivity contribution in [1.82, 2.24) is 0 Å². The van der Waals surface area contributed by atoms with Crippen molar-refractivity contribution >= 4 is 5.69 Å². The number of benzene rings is 1. The Hall–Kier alpha value is -1.20. The van der Waals surface area contributed by atoms with E-state index in [2.05, 4.69) is 0 Å². The average Bonchev–Trinajstić information content (AvgIpc) is 2.37. The molecule has 2 atom stereocenters. The van der Waals surface area contributed by atoms with Gasteiger partial charge in [-0.25, -0.2) is 8.78 Å². The molecule has 1 heterocycles. The quantitative estimate of drug-likeness (QED) is 0.929. The highest BCUT2D eigenvalue weighted by molar-refractivity contribution is 5.51. The lowest BCUT2D eigenvalue weighted by atomic mass is 9.94. The van der Waals surface area contributed by atoms with Crippen LogP contribution < -0.4 is 10.6 Å². The Labute approximate surface area is 125 Å². The lowest BCUT2D eigenvalue weighted by Crippen LogP contribution is -2.48. The number of nitrogens with zero attached hydrogens (tertiary/aromatic N) is 1. The number of halogens is 2. The van der Waals surface area contributed by atoms with Crippen LogP contribution in [0.25, 0.3) is 0 Å². The Balaban J connectivity index is 2.27. The second-order valence-corrected chi connectivity index (χ2v) is 6.27. The second-order valence-electron chi connectivity index (χ2n) is 6.27. The summed E-state index contributed by atoms with van der Waals surface area (Å²) in [4.78, 5) is 1.74. The molecule has 118 valence electrons. The summed E-state index contributed by atoms with van der Waals surface area (Å²) in [5, 5.41) is 0. The van der Waals surface area contributed by atoms with Crippen LogP contribution in [0.1, 0.15) is 32.3 Å². The zero-order chi connectivity index (χ0) is 15.6. The molecule has 0 aromatic heterocycles. The number of hydrogen-bond acceptors (Lipinski definition) is 3. The molecule has 1 aromatic carbocycles. The fourth-order valence-electron chi connectivity index (χ4n) is 2.97. The maximum absolute atomic E-state index is 14.3. The Morgan fingerprint density at radius 1 is 1.38 bits per heavy atom. The molecule has 1 aliphatic rings. The van der Waals surface area contributed by atoms with Gasteiger partial charge in [-0.15, -0.1) is 0 Å². The minimum Gasteiger partial charge on any atom is -0.377 e. The third-order valence-electron chi connectivity index (χ3n) is 4.10. The van der Waals surface area contributed by atoms with Crippen LogP contribution in [-0.4, -0.2) is 31.8 Å². The summed E-state index contributed by atoms with van der Waals surface area (Å²) in [5.74, 6) is -1.04. The van der Waals surface area contributed by atoms with Gasteiger partial charge in [0.05, 0.1) is 5.60 Å². The van der Waals surface area contributed by atoms with Crippen molar-refractivity contribution in [3.63, 3.8) is 0 Å². The topological polar surface area (TPSA) is 38.5 Å². The number of methoxy groups -OCH3 is 1. The fourth-order valence-corrected chi connectivity index (χ4v) is 2.97. The molecule has 1 saturated heterocycles. The molecule has 0 bridgehead atoms.